The molecule has 0 aliphatic heterocycles. The number of hydrogen-bond acceptors (Lipinski definition) is 5. The lowest BCUT2D eigenvalue weighted by atomic mass is 10.1. The Morgan fingerprint density at radius 2 is 1.78 bits per heavy atom. The van der Waals surface area contributed by atoms with Crippen LogP contribution in [0.15, 0.2) is 24.3 Å². The average Bonchev–Trinajstić information content (AvgIpc) is 3.01. The van der Waals surface area contributed by atoms with Gasteiger partial charge in [0.2, 0.25) is 11.8 Å². The number of nitrogens with two attached hydrogens (primary N) is 1. The SMILES string of the molecule is Cc1ccc(-c2nc(C)c(C(C)NC(=O)CNC(=O)[C@@H](N)C(C)C)s2)cc1. The second kappa shape index (κ2) is 9.10. The van der Waals surface area contributed by atoms with Gasteiger partial charge in [-0.05, 0) is 26.7 Å². The summed E-state index contributed by atoms with van der Waals surface area (Å²) >= 11 is 1.57. The van der Waals surface area contributed by atoms with Crippen LogP contribution in [0.1, 0.15) is 42.9 Å². The van der Waals surface area contributed by atoms with E-state index in [0.717, 1.165) is 21.1 Å². The molecular formula is C20H28N4O2S. The number of carbonyl (C=O) groups excluding carboxylic acids is 2. The van der Waals surface area contributed by atoms with Crippen molar-refractivity contribution in [3.63, 3.8) is 0 Å². The first-order chi connectivity index (χ1) is 12.7. The smallest absolute Gasteiger partial charge is 0.239 e. The van der Waals surface area contributed by atoms with Gasteiger partial charge >= 0.3 is 0 Å². The summed E-state index contributed by atoms with van der Waals surface area (Å²) < 4.78 is 0. The standard InChI is InChI=1S/C20H28N4O2S/c1-11(2)17(21)19(26)22-10-16(25)23-13(4)18-14(5)24-20(27-18)15-8-6-12(3)7-9-15/h6-9,11,13,17H,10,21H2,1-5H3,(H,22,26)(H,23,25)/t13?,17-/m0/s1. The summed E-state index contributed by atoms with van der Waals surface area (Å²) in [6.07, 6.45) is 0. The molecule has 2 amide bonds. The van der Waals surface area contributed by atoms with Crippen molar-refractivity contribution in [3.05, 3.63) is 40.4 Å². The van der Waals surface area contributed by atoms with Gasteiger partial charge in [-0.1, -0.05) is 43.7 Å². The molecule has 0 aliphatic carbocycles. The third-order valence-electron chi connectivity index (χ3n) is 4.35. The minimum Gasteiger partial charge on any atom is -0.347 e. The zero-order valence-corrected chi connectivity index (χ0v) is 17.3. The summed E-state index contributed by atoms with van der Waals surface area (Å²) in [7, 11) is 0. The minimum absolute atomic E-state index is 0.0204. The molecule has 0 aliphatic rings. The molecule has 146 valence electrons. The zero-order chi connectivity index (χ0) is 20.1. The lowest BCUT2D eigenvalue weighted by Gasteiger charge is -2.16. The lowest BCUT2D eigenvalue weighted by Crippen LogP contribution is -2.47. The quantitative estimate of drug-likeness (QED) is 0.679. The van der Waals surface area contributed by atoms with Gasteiger partial charge < -0.3 is 16.4 Å². The van der Waals surface area contributed by atoms with E-state index >= 15 is 0 Å². The Bertz CT molecular complexity index is 799. The molecule has 2 aromatic rings. The molecule has 6 nitrogen and oxygen atoms in total. The molecule has 4 N–H and O–H groups in total. The van der Waals surface area contributed by atoms with Crippen molar-refractivity contribution in [1.82, 2.24) is 15.6 Å². The van der Waals surface area contributed by atoms with Crippen molar-refractivity contribution in [3.8, 4) is 10.6 Å². The maximum atomic E-state index is 12.2. The Kier molecular flexibility index (Phi) is 7.10. The maximum Gasteiger partial charge on any atom is 0.239 e. The zero-order valence-electron chi connectivity index (χ0n) is 16.5. The first-order valence-corrected chi connectivity index (χ1v) is 9.87. The molecule has 0 saturated heterocycles. The van der Waals surface area contributed by atoms with Gasteiger partial charge in [-0.3, -0.25) is 9.59 Å². The topological polar surface area (TPSA) is 97.1 Å². The Morgan fingerprint density at radius 1 is 1.15 bits per heavy atom. The molecule has 1 aromatic heterocycles. The number of benzene rings is 1. The highest BCUT2D eigenvalue weighted by molar-refractivity contribution is 7.15. The van der Waals surface area contributed by atoms with Gasteiger partial charge in [-0.2, -0.15) is 0 Å². The lowest BCUT2D eigenvalue weighted by molar-refractivity contribution is -0.127. The Hall–Kier alpha value is -2.25. The molecule has 2 rings (SSSR count). The van der Waals surface area contributed by atoms with Crippen LogP contribution in [0.4, 0.5) is 0 Å². The van der Waals surface area contributed by atoms with Crippen molar-refractivity contribution in [2.24, 2.45) is 11.7 Å². The minimum atomic E-state index is -0.615. The fourth-order valence-electron chi connectivity index (χ4n) is 2.58. The van der Waals surface area contributed by atoms with Crippen LogP contribution in [0.25, 0.3) is 10.6 Å². The van der Waals surface area contributed by atoms with Gasteiger partial charge in [0, 0.05) is 5.56 Å². The van der Waals surface area contributed by atoms with Gasteiger partial charge in [0.15, 0.2) is 0 Å². The van der Waals surface area contributed by atoms with Crippen molar-refractivity contribution in [2.45, 2.75) is 46.7 Å². The molecule has 0 fully saturated rings. The number of hydrogen-bond donors (Lipinski definition) is 3. The summed E-state index contributed by atoms with van der Waals surface area (Å²) in [6, 6.07) is 7.41. The monoisotopic (exact) mass is 388 g/mol. The largest absolute Gasteiger partial charge is 0.347 e. The number of carbonyl (C=O) groups is 2. The van der Waals surface area contributed by atoms with Crippen molar-refractivity contribution in [1.29, 1.82) is 0 Å². The summed E-state index contributed by atoms with van der Waals surface area (Å²) in [6.45, 7) is 9.54. The molecule has 27 heavy (non-hydrogen) atoms. The van der Waals surface area contributed by atoms with Crippen LogP contribution < -0.4 is 16.4 Å². The Balaban J connectivity index is 1.97. The van der Waals surface area contributed by atoms with Crippen molar-refractivity contribution in [2.75, 3.05) is 6.54 Å². The summed E-state index contributed by atoms with van der Waals surface area (Å²) in [4.78, 5) is 29.7. The molecule has 0 saturated carbocycles. The van der Waals surface area contributed by atoms with E-state index in [1.807, 2.05) is 46.8 Å². The number of thiazole rings is 1. The van der Waals surface area contributed by atoms with Crippen LogP contribution in [-0.2, 0) is 9.59 Å². The summed E-state index contributed by atoms with van der Waals surface area (Å²) in [5, 5.41) is 6.42. The fourth-order valence-corrected chi connectivity index (χ4v) is 3.65. The van der Waals surface area contributed by atoms with E-state index in [-0.39, 0.29) is 30.3 Å². The fraction of sp³-hybridized carbons (Fsp3) is 0.450. The van der Waals surface area contributed by atoms with Crippen LogP contribution in [0, 0.1) is 19.8 Å². The number of amides is 2. The van der Waals surface area contributed by atoms with Gasteiger partial charge in [-0.25, -0.2) is 4.98 Å². The molecule has 1 heterocycles. The van der Waals surface area contributed by atoms with Crippen molar-refractivity contribution < 1.29 is 9.59 Å². The first kappa shape index (κ1) is 21.1. The van der Waals surface area contributed by atoms with Gasteiger partial charge in [0.05, 0.1) is 29.2 Å². The first-order valence-electron chi connectivity index (χ1n) is 9.06. The number of aromatic nitrogens is 1. The van der Waals surface area contributed by atoms with Crippen LogP contribution in [0.3, 0.4) is 0 Å². The number of aryl methyl sites for hydroxylation is 2. The maximum absolute atomic E-state index is 12.2. The highest BCUT2D eigenvalue weighted by Crippen LogP contribution is 2.31. The molecule has 7 heteroatoms. The molecule has 1 aromatic carbocycles. The van der Waals surface area contributed by atoms with E-state index in [4.69, 9.17) is 5.73 Å². The van der Waals surface area contributed by atoms with Gasteiger partial charge in [0.1, 0.15) is 5.01 Å². The second-order valence-corrected chi connectivity index (χ2v) is 8.14. The normalized spacial score (nSPS) is 13.3. The molecule has 0 spiro atoms. The third kappa shape index (κ3) is 5.61. The van der Waals surface area contributed by atoms with E-state index in [1.165, 1.54) is 5.56 Å². The van der Waals surface area contributed by atoms with E-state index in [1.54, 1.807) is 11.3 Å². The van der Waals surface area contributed by atoms with E-state index < -0.39 is 6.04 Å². The molecule has 1 unspecified atom stereocenters. The van der Waals surface area contributed by atoms with Gasteiger partial charge in [-0.15, -0.1) is 11.3 Å². The van der Waals surface area contributed by atoms with E-state index in [2.05, 4.69) is 27.8 Å². The predicted molar refractivity (Wildman–Crippen MR) is 109 cm³/mol. The van der Waals surface area contributed by atoms with Crippen LogP contribution in [0.2, 0.25) is 0 Å². The van der Waals surface area contributed by atoms with Gasteiger partial charge in [0.25, 0.3) is 0 Å². The second-order valence-electron chi connectivity index (χ2n) is 7.11. The highest BCUT2D eigenvalue weighted by atomic mass is 32.1. The van der Waals surface area contributed by atoms with Crippen LogP contribution in [0.5, 0.6) is 0 Å². The molecule has 0 radical (unpaired) electrons. The predicted octanol–water partition coefficient (Wildman–Crippen LogP) is 2.70. The molecular weight excluding hydrogens is 360 g/mol. The third-order valence-corrected chi connectivity index (χ3v) is 5.74. The highest BCUT2D eigenvalue weighted by Gasteiger charge is 2.20. The summed E-state index contributed by atoms with van der Waals surface area (Å²) in [5.74, 6) is -0.549. The summed E-state index contributed by atoms with van der Waals surface area (Å²) in [5.41, 5.74) is 8.94. The molecule has 2 atom stereocenters. The average molecular weight is 389 g/mol. The molecule has 0 bridgehead atoms. The van der Waals surface area contributed by atoms with E-state index in [9.17, 15) is 9.59 Å². The van der Waals surface area contributed by atoms with Crippen molar-refractivity contribution >= 4 is 23.2 Å². The number of nitrogens with one attached hydrogen (secondary N) is 2. The van der Waals surface area contributed by atoms with Crippen LogP contribution in [-0.4, -0.2) is 29.4 Å². The Labute approximate surface area is 164 Å². The number of nitrogens with zero attached hydrogens (tertiary/aromatic N) is 1. The van der Waals surface area contributed by atoms with Crippen LogP contribution >= 0.6 is 11.3 Å². The Morgan fingerprint density at radius 3 is 2.37 bits per heavy atom. The van der Waals surface area contributed by atoms with E-state index in [0.29, 0.717) is 0 Å². The number of rotatable bonds is 7.